The van der Waals surface area contributed by atoms with Gasteiger partial charge in [0.05, 0.1) is 25.8 Å². The average molecular weight is 378 g/mol. The van der Waals surface area contributed by atoms with Gasteiger partial charge in [-0.05, 0) is 12.1 Å². The van der Waals surface area contributed by atoms with E-state index in [4.69, 9.17) is 9.47 Å². The quantitative estimate of drug-likeness (QED) is 0.786. The minimum absolute atomic E-state index is 0.0274. The molecule has 10 nitrogen and oxygen atoms in total. The van der Waals surface area contributed by atoms with Crippen molar-refractivity contribution in [3.63, 3.8) is 0 Å². The fourth-order valence-electron chi connectivity index (χ4n) is 2.35. The molecular formula is C15H14N4O6S. The van der Waals surface area contributed by atoms with Crippen LogP contribution in [0.25, 0.3) is 0 Å². The van der Waals surface area contributed by atoms with E-state index in [1.54, 1.807) is 6.07 Å². The van der Waals surface area contributed by atoms with Crippen LogP contribution in [0.4, 0.5) is 5.95 Å². The Hall–Kier alpha value is -3.21. The van der Waals surface area contributed by atoms with Crippen LogP contribution in [0.2, 0.25) is 0 Å². The van der Waals surface area contributed by atoms with Crippen LogP contribution in [0.3, 0.4) is 0 Å². The smallest absolute Gasteiger partial charge is 0.269 e. The number of carbonyl (C=O) groups excluding carboxylic acids is 2. The van der Waals surface area contributed by atoms with Crippen molar-refractivity contribution in [3.8, 4) is 11.8 Å². The number of rotatable bonds is 5. The lowest BCUT2D eigenvalue weighted by atomic mass is 10.2. The molecule has 2 amide bonds. The predicted octanol–water partition coefficient (Wildman–Crippen LogP) is 0.277. The molecule has 0 saturated carbocycles. The maximum absolute atomic E-state index is 12.4. The van der Waals surface area contributed by atoms with Crippen molar-refractivity contribution in [1.82, 2.24) is 14.3 Å². The summed E-state index contributed by atoms with van der Waals surface area (Å²) in [6.45, 7) is -0.710. The molecule has 1 aliphatic rings. The minimum atomic E-state index is -4.08. The largest absolute Gasteiger partial charge is 0.481 e. The van der Waals surface area contributed by atoms with Crippen LogP contribution in [0.15, 0.2) is 35.2 Å². The van der Waals surface area contributed by atoms with Crippen LogP contribution < -0.4 is 14.8 Å². The summed E-state index contributed by atoms with van der Waals surface area (Å²) in [7, 11) is -1.33. The zero-order chi connectivity index (χ0) is 18.9. The first-order valence-corrected chi connectivity index (χ1v) is 8.74. The van der Waals surface area contributed by atoms with Crippen molar-refractivity contribution in [3.05, 3.63) is 35.9 Å². The van der Waals surface area contributed by atoms with Gasteiger partial charge in [0.25, 0.3) is 15.9 Å². The standard InChI is InChI=1S/C15H14N4O6S/c1-24-12-7-13(25-2)18-15(17-12)16-11(20)8-19-14(21)9-5-3-4-6-10(9)26(19,22)23/h3-7H,8H2,1-2H3,(H,16,17,18,20). The SMILES string of the molecule is COc1cc(OC)nc(NC(=O)CN2C(=O)c3ccccc3S2(=O)=O)n1. The number of ether oxygens (including phenoxy) is 2. The molecule has 1 N–H and O–H groups in total. The maximum Gasteiger partial charge on any atom is 0.269 e. The highest BCUT2D eigenvalue weighted by Gasteiger charge is 2.41. The van der Waals surface area contributed by atoms with Gasteiger partial charge in [0.15, 0.2) is 0 Å². The van der Waals surface area contributed by atoms with Crippen molar-refractivity contribution < 1.29 is 27.5 Å². The molecule has 3 rings (SSSR count). The van der Waals surface area contributed by atoms with Crippen molar-refractivity contribution in [2.45, 2.75) is 4.90 Å². The van der Waals surface area contributed by atoms with E-state index in [0.717, 1.165) is 0 Å². The fraction of sp³-hybridized carbons (Fsp3) is 0.200. The molecule has 0 spiro atoms. The topological polar surface area (TPSA) is 128 Å². The summed E-state index contributed by atoms with van der Waals surface area (Å²) in [6, 6.07) is 7.16. The van der Waals surface area contributed by atoms with Crippen LogP contribution in [0, 0.1) is 0 Å². The Labute approximate surface area is 148 Å². The van der Waals surface area contributed by atoms with Gasteiger partial charge >= 0.3 is 0 Å². The number of sulfonamides is 1. The summed E-state index contributed by atoms with van der Waals surface area (Å²) >= 11 is 0. The van der Waals surface area contributed by atoms with Crippen molar-refractivity contribution in [2.75, 3.05) is 26.1 Å². The van der Waals surface area contributed by atoms with E-state index >= 15 is 0 Å². The van der Waals surface area contributed by atoms with Gasteiger partial charge in [0.1, 0.15) is 11.4 Å². The van der Waals surface area contributed by atoms with Crippen LogP contribution in [0.1, 0.15) is 10.4 Å². The van der Waals surface area contributed by atoms with Crippen LogP contribution in [0.5, 0.6) is 11.8 Å². The van der Waals surface area contributed by atoms with E-state index in [0.29, 0.717) is 4.31 Å². The van der Waals surface area contributed by atoms with Gasteiger partial charge in [-0.25, -0.2) is 12.7 Å². The van der Waals surface area contributed by atoms with Gasteiger partial charge in [0.2, 0.25) is 23.6 Å². The van der Waals surface area contributed by atoms with Crippen molar-refractivity contribution in [2.24, 2.45) is 0 Å². The molecule has 0 unspecified atom stereocenters. The zero-order valence-corrected chi connectivity index (χ0v) is 14.6. The number of nitrogens with zero attached hydrogens (tertiary/aromatic N) is 3. The second-order valence-electron chi connectivity index (χ2n) is 5.14. The first-order valence-electron chi connectivity index (χ1n) is 7.30. The van der Waals surface area contributed by atoms with Crippen molar-refractivity contribution in [1.29, 1.82) is 0 Å². The highest BCUT2D eigenvalue weighted by molar-refractivity contribution is 7.90. The number of aromatic nitrogens is 2. The van der Waals surface area contributed by atoms with Gasteiger partial charge < -0.3 is 9.47 Å². The normalized spacial score (nSPS) is 14.7. The van der Waals surface area contributed by atoms with Gasteiger partial charge in [0, 0.05) is 0 Å². The van der Waals surface area contributed by atoms with Crippen LogP contribution in [-0.2, 0) is 14.8 Å². The number of nitrogens with one attached hydrogen (secondary N) is 1. The first kappa shape index (κ1) is 17.6. The Morgan fingerprint density at radius 3 is 2.35 bits per heavy atom. The maximum atomic E-state index is 12.4. The fourth-order valence-corrected chi connectivity index (χ4v) is 3.88. The van der Waals surface area contributed by atoms with Crippen LogP contribution in [-0.4, -0.2) is 55.3 Å². The number of hydrogen-bond donors (Lipinski definition) is 1. The average Bonchev–Trinajstić information content (AvgIpc) is 2.82. The lowest BCUT2D eigenvalue weighted by molar-refractivity contribution is -0.116. The molecule has 2 aromatic rings. The number of methoxy groups -OCH3 is 2. The van der Waals surface area contributed by atoms with Gasteiger partial charge in [-0.1, -0.05) is 12.1 Å². The summed E-state index contributed by atoms with van der Waals surface area (Å²) < 4.78 is 35.3. The molecule has 0 aliphatic carbocycles. The van der Waals surface area contributed by atoms with E-state index < -0.39 is 28.4 Å². The van der Waals surface area contributed by atoms with Crippen molar-refractivity contribution >= 4 is 27.8 Å². The summed E-state index contributed by atoms with van der Waals surface area (Å²) in [5.74, 6) is -1.41. The number of carbonyl (C=O) groups is 2. The monoisotopic (exact) mass is 378 g/mol. The number of fused-ring (bicyclic) bond motifs is 1. The van der Waals surface area contributed by atoms with E-state index in [2.05, 4.69) is 15.3 Å². The molecule has 136 valence electrons. The molecular weight excluding hydrogens is 364 g/mol. The van der Waals surface area contributed by atoms with E-state index in [-0.39, 0.29) is 28.2 Å². The van der Waals surface area contributed by atoms with E-state index in [1.807, 2.05) is 0 Å². The Morgan fingerprint density at radius 2 is 1.77 bits per heavy atom. The second kappa shape index (κ2) is 6.59. The summed E-state index contributed by atoms with van der Waals surface area (Å²) in [6.07, 6.45) is 0. The molecule has 11 heteroatoms. The highest BCUT2D eigenvalue weighted by Crippen LogP contribution is 2.29. The zero-order valence-electron chi connectivity index (χ0n) is 13.8. The molecule has 0 saturated heterocycles. The molecule has 0 radical (unpaired) electrons. The van der Waals surface area contributed by atoms with Gasteiger partial charge in [-0.2, -0.15) is 9.97 Å². The Bertz CT molecular complexity index is 969. The Balaban J connectivity index is 1.80. The third-order valence-corrected chi connectivity index (χ3v) is 5.33. The second-order valence-corrected chi connectivity index (χ2v) is 6.97. The number of hydrogen-bond acceptors (Lipinski definition) is 8. The number of anilines is 1. The minimum Gasteiger partial charge on any atom is -0.481 e. The number of benzene rings is 1. The molecule has 26 heavy (non-hydrogen) atoms. The van der Waals surface area contributed by atoms with Gasteiger partial charge in [-0.3, -0.25) is 14.9 Å². The predicted molar refractivity (Wildman–Crippen MR) is 88.4 cm³/mol. The van der Waals surface area contributed by atoms with Gasteiger partial charge in [-0.15, -0.1) is 0 Å². The summed E-state index contributed by atoms with van der Waals surface area (Å²) in [5.41, 5.74) is 0.0274. The molecule has 2 heterocycles. The summed E-state index contributed by atoms with van der Waals surface area (Å²) in [5, 5.41) is 2.32. The third-order valence-electron chi connectivity index (χ3n) is 3.55. The molecule has 0 bridgehead atoms. The molecule has 1 aliphatic heterocycles. The van der Waals surface area contributed by atoms with Crippen LogP contribution >= 0.6 is 0 Å². The Morgan fingerprint density at radius 1 is 1.15 bits per heavy atom. The van der Waals surface area contributed by atoms with E-state index in [9.17, 15) is 18.0 Å². The lowest BCUT2D eigenvalue weighted by Crippen LogP contribution is -2.37. The van der Waals surface area contributed by atoms with E-state index in [1.165, 1.54) is 38.5 Å². The summed E-state index contributed by atoms with van der Waals surface area (Å²) in [4.78, 5) is 32.2. The Kier molecular flexibility index (Phi) is 4.47. The number of amides is 2. The lowest BCUT2D eigenvalue weighted by Gasteiger charge is -2.14. The third kappa shape index (κ3) is 3.04. The molecule has 1 aromatic heterocycles. The molecule has 1 aromatic carbocycles. The highest BCUT2D eigenvalue weighted by atomic mass is 32.2. The molecule has 0 atom stereocenters. The first-order chi connectivity index (χ1) is 12.4. The molecule has 0 fully saturated rings.